The summed E-state index contributed by atoms with van der Waals surface area (Å²) in [6.07, 6.45) is 7.92. The molecular weight excluding hydrogens is 550 g/mol. The molecule has 0 aromatic heterocycles. The van der Waals surface area contributed by atoms with E-state index in [-0.39, 0.29) is 23.6 Å². The highest BCUT2D eigenvalue weighted by Gasteiger charge is 2.38. The van der Waals surface area contributed by atoms with Crippen molar-refractivity contribution in [3.8, 4) is 5.75 Å². The summed E-state index contributed by atoms with van der Waals surface area (Å²) < 4.78 is 48.0. The normalized spacial score (nSPS) is 22.2. The van der Waals surface area contributed by atoms with Crippen molar-refractivity contribution in [2.24, 2.45) is 0 Å². The lowest BCUT2D eigenvalue weighted by molar-refractivity contribution is 0.0977. The molecule has 3 saturated carbocycles. The standard InChI is InChI=1S/C28H33Cl2FN2O4S/c1-33(21-4-2-3-5-22(14-21)37-23-12-19(29)11-20(30)13-23)16-18-10-27(31)26(15-25(18)17-6-7-17)28(34)32-38(35,36)24-8-9-24/h10-13,15,17,21-22,24H,2-9,14,16H2,1H3,(H,32,34)/t21-,22-/m0/s1. The van der Waals surface area contributed by atoms with Gasteiger partial charge in [0.25, 0.3) is 5.91 Å². The number of halogens is 3. The molecule has 1 N–H and O–H groups in total. The van der Waals surface area contributed by atoms with E-state index in [1.54, 1.807) is 24.3 Å². The molecule has 0 aliphatic heterocycles. The van der Waals surface area contributed by atoms with Crippen LogP contribution in [0.3, 0.4) is 0 Å². The van der Waals surface area contributed by atoms with E-state index < -0.39 is 27.0 Å². The Morgan fingerprint density at radius 3 is 2.37 bits per heavy atom. The summed E-state index contributed by atoms with van der Waals surface area (Å²) in [5, 5.41) is 0.520. The van der Waals surface area contributed by atoms with Crippen LogP contribution in [0.5, 0.6) is 5.75 Å². The molecule has 0 unspecified atom stereocenters. The smallest absolute Gasteiger partial charge is 0.267 e. The molecule has 5 rings (SSSR count). The molecule has 2 atom stereocenters. The summed E-state index contributed by atoms with van der Waals surface area (Å²) in [4.78, 5) is 14.9. The fourth-order valence-corrected chi connectivity index (χ4v) is 7.15. The first-order valence-electron chi connectivity index (χ1n) is 13.3. The van der Waals surface area contributed by atoms with Gasteiger partial charge < -0.3 is 4.74 Å². The molecule has 10 heteroatoms. The Kier molecular flexibility index (Phi) is 8.25. The minimum absolute atomic E-state index is 0.0126. The van der Waals surface area contributed by atoms with Crippen molar-refractivity contribution < 1.29 is 22.3 Å². The fraction of sp³-hybridized carbons (Fsp3) is 0.536. The summed E-state index contributed by atoms with van der Waals surface area (Å²) in [6, 6.07) is 8.44. The first kappa shape index (κ1) is 27.7. The molecule has 3 fully saturated rings. The Morgan fingerprint density at radius 2 is 1.71 bits per heavy atom. The number of hydrogen-bond donors (Lipinski definition) is 1. The second-order valence-corrected chi connectivity index (χ2v) is 13.7. The number of rotatable bonds is 9. The van der Waals surface area contributed by atoms with Gasteiger partial charge in [-0.3, -0.25) is 9.69 Å². The number of sulfonamides is 1. The maximum Gasteiger partial charge on any atom is 0.267 e. The van der Waals surface area contributed by atoms with E-state index in [1.807, 2.05) is 7.05 Å². The maximum absolute atomic E-state index is 15.2. The van der Waals surface area contributed by atoms with E-state index >= 15 is 4.39 Å². The van der Waals surface area contributed by atoms with E-state index in [0.717, 1.165) is 56.1 Å². The van der Waals surface area contributed by atoms with E-state index in [0.29, 0.717) is 35.2 Å². The molecule has 2 aromatic carbocycles. The Labute approximate surface area is 233 Å². The lowest BCUT2D eigenvalue weighted by Gasteiger charge is -2.30. The minimum atomic E-state index is -3.75. The molecule has 2 aromatic rings. The molecule has 206 valence electrons. The van der Waals surface area contributed by atoms with Crippen LogP contribution in [-0.4, -0.2) is 43.7 Å². The summed E-state index contributed by atoms with van der Waals surface area (Å²) >= 11 is 12.3. The third kappa shape index (κ3) is 6.82. The number of amides is 1. The van der Waals surface area contributed by atoms with Crippen LogP contribution in [0, 0.1) is 5.82 Å². The lowest BCUT2D eigenvalue weighted by Crippen LogP contribution is -2.35. The van der Waals surface area contributed by atoms with E-state index in [1.165, 1.54) is 6.07 Å². The first-order chi connectivity index (χ1) is 18.1. The van der Waals surface area contributed by atoms with E-state index in [9.17, 15) is 13.2 Å². The van der Waals surface area contributed by atoms with E-state index in [2.05, 4.69) is 9.62 Å². The third-order valence-electron chi connectivity index (χ3n) is 7.72. The van der Waals surface area contributed by atoms with Crippen LogP contribution in [-0.2, 0) is 16.6 Å². The number of benzene rings is 2. The van der Waals surface area contributed by atoms with Crippen molar-refractivity contribution >= 4 is 39.1 Å². The molecule has 0 bridgehead atoms. The monoisotopic (exact) mass is 582 g/mol. The summed E-state index contributed by atoms with van der Waals surface area (Å²) in [6.45, 7) is 0.533. The molecule has 6 nitrogen and oxygen atoms in total. The summed E-state index contributed by atoms with van der Waals surface area (Å²) in [5.74, 6) is -0.655. The number of carbonyl (C=O) groups is 1. The van der Waals surface area contributed by atoms with Gasteiger partial charge in [-0.1, -0.05) is 29.6 Å². The number of nitrogens with one attached hydrogen (secondary N) is 1. The second kappa shape index (κ2) is 11.3. The average Bonchev–Trinajstić information content (AvgIpc) is 3.70. The molecule has 1 amide bonds. The molecule has 3 aliphatic rings. The van der Waals surface area contributed by atoms with Crippen LogP contribution in [0.4, 0.5) is 4.39 Å². The van der Waals surface area contributed by atoms with Gasteiger partial charge in [0, 0.05) is 22.6 Å². The van der Waals surface area contributed by atoms with Crippen LogP contribution in [0.1, 0.15) is 85.2 Å². The maximum atomic E-state index is 15.2. The summed E-state index contributed by atoms with van der Waals surface area (Å²) in [7, 11) is -1.71. The van der Waals surface area contributed by atoms with Gasteiger partial charge in [0.2, 0.25) is 10.0 Å². The van der Waals surface area contributed by atoms with Gasteiger partial charge >= 0.3 is 0 Å². The topological polar surface area (TPSA) is 75.7 Å². The van der Waals surface area contributed by atoms with Crippen molar-refractivity contribution in [1.29, 1.82) is 0 Å². The SMILES string of the molecule is CN(Cc1cc(F)c(C(=O)NS(=O)(=O)C2CC2)cc1C1CC1)[C@H]1CCCC[C@H](Oc2cc(Cl)cc(Cl)c2)C1. The minimum Gasteiger partial charge on any atom is -0.490 e. The van der Waals surface area contributed by atoms with Crippen molar-refractivity contribution in [3.05, 3.63) is 62.9 Å². The second-order valence-electron chi connectivity index (χ2n) is 10.9. The van der Waals surface area contributed by atoms with Gasteiger partial charge in [0.15, 0.2) is 0 Å². The average molecular weight is 584 g/mol. The van der Waals surface area contributed by atoms with Crippen LogP contribution in [0.25, 0.3) is 0 Å². The zero-order valence-corrected chi connectivity index (χ0v) is 23.7. The lowest BCUT2D eigenvalue weighted by atomic mass is 9.97. The quantitative estimate of drug-likeness (QED) is 0.344. The zero-order chi connectivity index (χ0) is 27.0. The molecule has 0 radical (unpaired) electrons. The molecule has 3 aliphatic carbocycles. The van der Waals surface area contributed by atoms with Gasteiger partial charge in [-0.25, -0.2) is 17.5 Å². The molecule has 38 heavy (non-hydrogen) atoms. The van der Waals surface area contributed by atoms with Crippen LogP contribution < -0.4 is 9.46 Å². The third-order valence-corrected chi connectivity index (χ3v) is 9.97. The van der Waals surface area contributed by atoms with Crippen molar-refractivity contribution in [3.63, 3.8) is 0 Å². The Morgan fingerprint density at radius 1 is 1.03 bits per heavy atom. The molecule has 0 spiro atoms. The first-order valence-corrected chi connectivity index (χ1v) is 15.6. The number of ether oxygens (including phenoxy) is 1. The van der Waals surface area contributed by atoms with Gasteiger partial charge in [0.1, 0.15) is 17.7 Å². The van der Waals surface area contributed by atoms with Crippen LogP contribution in [0.2, 0.25) is 10.0 Å². The van der Waals surface area contributed by atoms with Crippen LogP contribution >= 0.6 is 23.2 Å². The summed E-state index contributed by atoms with van der Waals surface area (Å²) in [5.41, 5.74) is 1.57. The number of nitrogens with zero attached hydrogens (tertiary/aromatic N) is 1. The van der Waals surface area contributed by atoms with Gasteiger partial charge in [-0.05, 0) is 106 Å². The molecule has 0 saturated heterocycles. The highest BCUT2D eigenvalue weighted by Crippen LogP contribution is 2.43. The van der Waals surface area contributed by atoms with Crippen molar-refractivity contribution in [2.75, 3.05) is 7.05 Å². The van der Waals surface area contributed by atoms with Gasteiger partial charge in [0.05, 0.1) is 10.8 Å². The Hall–Kier alpha value is -1.87. The van der Waals surface area contributed by atoms with Gasteiger partial charge in [-0.15, -0.1) is 0 Å². The van der Waals surface area contributed by atoms with Gasteiger partial charge in [-0.2, -0.15) is 0 Å². The Balaban J connectivity index is 1.30. The van der Waals surface area contributed by atoms with Crippen molar-refractivity contribution in [1.82, 2.24) is 9.62 Å². The predicted molar refractivity (Wildman–Crippen MR) is 147 cm³/mol. The largest absolute Gasteiger partial charge is 0.490 e. The molecule has 0 heterocycles. The van der Waals surface area contributed by atoms with Crippen LogP contribution in [0.15, 0.2) is 30.3 Å². The Bertz CT molecular complexity index is 1290. The molecular formula is C28H33Cl2FN2O4S. The predicted octanol–water partition coefficient (Wildman–Crippen LogP) is 6.44. The number of hydrogen-bond acceptors (Lipinski definition) is 5. The number of carbonyl (C=O) groups excluding carboxylic acids is 1. The highest BCUT2D eigenvalue weighted by atomic mass is 35.5. The fourth-order valence-electron chi connectivity index (χ4n) is 5.35. The van der Waals surface area contributed by atoms with Crippen molar-refractivity contribution in [2.45, 2.75) is 87.6 Å². The van der Waals surface area contributed by atoms with E-state index in [4.69, 9.17) is 27.9 Å². The highest BCUT2D eigenvalue weighted by molar-refractivity contribution is 7.91. The zero-order valence-electron chi connectivity index (χ0n) is 21.4.